The summed E-state index contributed by atoms with van der Waals surface area (Å²) < 4.78 is 5.22. The number of likely N-dealkylation sites (tertiary alicyclic amines) is 1. The van der Waals surface area contributed by atoms with E-state index in [2.05, 4.69) is 6.92 Å². The van der Waals surface area contributed by atoms with Crippen LogP contribution in [0.15, 0.2) is 48.0 Å². The van der Waals surface area contributed by atoms with Crippen LogP contribution in [0, 0.1) is 6.92 Å². The second-order valence-electron chi connectivity index (χ2n) is 7.85. The lowest BCUT2D eigenvalue weighted by molar-refractivity contribution is -0.139. The molecule has 1 saturated heterocycles. The van der Waals surface area contributed by atoms with E-state index in [9.17, 15) is 19.8 Å². The summed E-state index contributed by atoms with van der Waals surface area (Å²) in [5.41, 5.74) is 2.15. The molecule has 2 aromatic carbocycles. The van der Waals surface area contributed by atoms with Crippen LogP contribution in [-0.2, 0) is 9.59 Å². The van der Waals surface area contributed by atoms with Gasteiger partial charge in [0, 0.05) is 12.1 Å². The Kier molecular flexibility index (Phi) is 7.00. The third-order valence-corrected chi connectivity index (χ3v) is 5.64. The molecular formula is C25H29NO5. The Morgan fingerprint density at radius 3 is 2.42 bits per heavy atom. The Bertz CT molecular complexity index is 993. The quantitative estimate of drug-likeness (QED) is 0.278. The highest BCUT2D eigenvalue weighted by Crippen LogP contribution is 2.41. The molecule has 31 heavy (non-hydrogen) atoms. The van der Waals surface area contributed by atoms with E-state index in [0.717, 1.165) is 31.2 Å². The molecule has 6 nitrogen and oxygen atoms in total. The van der Waals surface area contributed by atoms with Crippen molar-refractivity contribution in [2.75, 3.05) is 13.7 Å². The van der Waals surface area contributed by atoms with Gasteiger partial charge in [-0.25, -0.2) is 0 Å². The van der Waals surface area contributed by atoms with Gasteiger partial charge < -0.3 is 19.8 Å². The van der Waals surface area contributed by atoms with E-state index in [-0.39, 0.29) is 22.8 Å². The van der Waals surface area contributed by atoms with Gasteiger partial charge in [0.1, 0.15) is 5.76 Å². The number of hydrogen-bond acceptors (Lipinski definition) is 5. The number of aliphatic hydroxyl groups excluding tert-OH is 1. The van der Waals surface area contributed by atoms with Crippen LogP contribution >= 0.6 is 0 Å². The third-order valence-electron chi connectivity index (χ3n) is 5.64. The lowest BCUT2D eigenvalue weighted by Crippen LogP contribution is -2.30. The summed E-state index contributed by atoms with van der Waals surface area (Å²) in [6.07, 6.45) is 3.82. The lowest BCUT2D eigenvalue weighted by atomic mass is 9.94. The fourth-order valence-electron chi connectivity index (χ4n) is 3.90. The maximum Gasteiger partial charge on any atom is 0.295 e. The van der Waals surface area contributed by atoms with Crippen LogP contribution < -0.4 is 4.74 Å². The van der Waals surface area contributed by atoms with Crippen molar-refractivity contribution >= 4 is 17.4 Å². The van der Waals surface area contributed by atoms with Crippen LogP contribution in [-0.4, -0.2) is 40.5 Å². The van der Waals surface area contributed by atoms with Crippen LogP contribution in [0.1, 0.15) is 55.3 Å². The Morgan fingerprint density at radius 1 is 1.06 bits per heavy atom. The Hall–Kier alpha value is -3.28. The molecule has 1 aliphatic rings. The SMILES string of the molecule is CCCCCCN1C(=O)C(=O)/C(=C(/O)c2ccc(C)cc2)C1c1ccc(O)c(OC)c1. The predicted molar refractivity (Wildman–Crippen MR) is 119 cm³/mol. The Labute approximate surface area is 182 Å². The first-order valence-corrected chi connectivity index (χ1v) is 10.6. The number of carbonyl (C=O) groups excluding carboxylic acids is 2. The number of amides is 1. The molecule has 6 heteroatoms. The lowest BCUT2D eigenvalue weighted by Gasteiger charge is -2.25. The van der Waals surface area contributed by atoms with Gasteiger partial charge in [0.05, 0.1) is 18.7 Å². The van der Waals surface area contributed by atoms with Gasteiger partial charge in [0.15, 0.2) is 11.5 Å². The van der Waals surface area contributed by atoms with Gasteiger partial charge in [0.25, 0.3) is 11.7 Å². The number of nitrogens with zero attached hydrogens (tertiary/aromatic N) is 1. The number of benzene rings is 2. The van der Waals surface area contributed by atoms with Crippen molar-refractivity contribution in [1.29, 1.82) is 0 Å². The van der Waals surface area contributed by atoms with Crippen LogP contribution in [0.4, 0.5) is 0 Å². The van der Waals surface area contributed by atoms with Crippen molar-refractivity contribution in [2.45, 2.75) is 45.6 Å². The van der Waals surface area contributed by atoms with E-state index in [1.54, 1.807) is 24.3 Å². The number of rotatable bonds is 8. The fraction of sp³-hybridized carbons (Fsp3) is 0.360. The molecule has 0 spiro atoms. The molecule has 1 amide bonds. The molecule has 2 N–H and O–H groups in total. The fourth-order valence-corrected chi connectivity index (χ4v) is 3.90. The van der Waals surface area contributed by atoms with Crippen LogP contribution in [0.25, 0.3) is 5.76 Å². The van der Waals surface area contributed by atoms with Gasteiger partial charge in [-0.2, -0.15) is 0 Å². The Balaban J connectivity index is 2.10. The minimum absolute atomic E-state index is 0.0373. The monoisotopic (exact) mass is 423 g/mol. The maximum atomic E-state index is 13.0. The average Bonchev–Trinajstić information content (AvgIpc) is 3.02. The largest absolute Gasteiger partial charge is 0.507 e. The molecule has 1 fully saturated rings. The first-order valence-electron chi connectivity index (χ1n) is 10.6. The van der Waals surface area contributed by atoms with E-state index < -0.39 is 17.7 Å². The van der Waals surface area contributed by atoms with Gasteiger partial charge in [-0.05, 0) is 31.0 Å². The highest BCUT2D eigenvalue weighted by atomic mass is 16.5. The number of ether oxygens (including phenoxy) is 1. The highest BCUT2D eigenvalue weighted by Gasteiger charge is 2.46. The number of hydrogen-bond donors (Lipinski definition) is 2. The molecule has 0 saturated carbocycles. The van der Waals surface area contributed by atoms with Crippen molar-refractivity contribution in [3.8, 4) is 11.5 Å². The van der Waals surface area contributed by atoms with Crippen molar-refractivity contribution in [3.05, 3.63) is 64.7 Å². The maximum absolute atomic E-state index is 13.0. The van der Waals surface area contributed by atoms with E-state index in [4.69, 9.17) is 4.74 Å². The van der Waals surface area contributed by atoms with Gasteiger partial charge in [-0.1, -0.05) is 62.1 Å². The molecule has 0 radical (unpaired) electrons. The molecule has 1 unspecified atom stereocenters. The summed E-state index contributed by atoms with van der Waals surface area (Å²) >= 11 is 0. The Morgan fingerprint density at radius 2 is 1.77 bits per heavy atom. The van der Waals surface area contributed by atoms with Crippen LogP contribution in [0.3, 0.4) is 0 Å². The van der Waals surface area contributed by atoms with Gasteiger partial charge >= 0.3 is 0 Å². The van der Waals surface area contributed by atoms with E-state index in [1.165, 1.54) is 18.1 Å². The summed E-state index contributed by atoms with van der Waals surface area (Å²) in [6.45, 7) is 4.45. The second kappa shape index (κ2) is 9.69. The highest BCUT2D eigenvalue weighted by molar-refractivity contribution is 6.46. The minimum atomic E-state index is -0.752. The molecule has 3 rings (SSSR count). The number of carbonyl (C=O) groups is 2. The molecule has 0 aromatic heterocycles. The number of Topliss-reactive ketones (excluding diaryl/α,β-unsaturated/α-hetero) is 1. The van der Waals surface area contributed by atoms with Crippen molar-refractivity contribution < 1.29 is 24.5 Å². The smallest absolute Gasteiger partial charge is 0.295 e. The number of unbranched alkanes of at least 4 members (excludes halogenated alkanes) is 3. The minimum Gasteiger partial charge on any atom is -0.507 e. The average molecular weight is 424 g/mol. The standard InChI is InChI=1S/C25H29NO5/c1-4-5-6-7-14-26-22(18-12-13-19(27)20(15-18)31-3)21(24(29)25(26)30)23(28)17-10-8-16(2)9-11-17/h8-13,15,22,27-28H,4-7,14H2,1-3H3/b23-21+. The summed E-state index contributed by atoms with van der Waals surface area (Å²) in [5.74, 6) is -1.33. The van der Waals surface area contributed by atoms with Crippen molar-refractivity contribution in [3.63, 3.8) is 0 Å². The number of aryl methyl sites for hydroxylation is 1. The zero-order valence-corrected chi connectivity index (χ0v) is 18.2. The van der Waals surface area contributed by atoms with E-state index in [1.807, 2.05) is 19.1 Å². The first kappa shape index (κ1) is 22.4. The van der Waals surface area contributed by atoms with Crippen LogP contribution in [0.5, 0.6) is 11.5 Å². The number of phenolic OH excluding ortho intramolecular Hbond substituents is 1. The number of phenols is 1. The summed E-state index contributed by atoms with van der Waals surface area (Å²) in [4.78, 5) is 27.4. The van der Waals surface area contributed by atoms with Gasteiger partial charge in [-0.3, -0.25) is 9.59 Å². The molecule has 2 aromatic rings. The van der Waals surface area contributed by atoms with Gasteiger partial charge in [-0.15, -0.1) is 0 Å². The van der Waals surface area contributed by atoms with E-state index >= 15 is 0 Å². The third kappa shape index (κ3) is 4.58. The summed E-state index contributed by atoms with van der Waals surface area (Å²) in [5, 5.41) is 21.0. The number of methoxy groups -OCH3 is 1. The molecule has 1 heterocycles. The zero-order chi connectivity index (χ0) is 22.5. The van der Waals surface area contributed by atoms with Crippen LogP contribution in [0.2, 0.25) is 0 Å². The first-order chi connectivity index (χ1) is 14.9. The molecular weight excluding hydrogens is 394 g/mol. The summed E-state index contributed by atoms with van der Waals surface area (Å²) in [7, 11) is 1.44. The predicted octanol–water partition coefficient (Wildman–Crippen LogP) is 4.71. The molecule has 1 atom stereocenters. The van der Waals surface area contributed by atoms with Gasteiger partial charge in [0.2, 0.25) is 0 Å². The van der Waals surface area contributed by atoms with E-state index in [0.29, 0.717) is 17.7 Å². The topological polar surface area (TPSA) is 87.1 Å². The number of ketones is 1. The van der Waals surface area contributed by atoms with Crippen molar-refractivity contribution in [2.24, 2.45) is 0 Å². The molecule has 164 valence electrons. The number of aromatic hydroxyl groups is 1. The number of aliphatic hydroxyl groups is 1. The molecule has 0 bridgehead atoms. The summed E-state index contributed by atoms with van der Waals surface area (Å²) in [6, 6.07) is 11.1. The molecule has 0 aliphatic carbocycles. The second-order valence-corrected chi connectivity index (χ2v) is 7.85. The normalized spacial score (nSPS) is 17.9. The van der Waals surface area contributed by atoms with Crippen molar-refractivity contribution in [1.82, 2.24) is 4.90 Å². The molecule has 1 aliphatic heterocycles. The zero-order valence-electron chi connectivity index (χ0n) is 18.2.